The monoisotopic (exact) mass is 527 g/mol. The highest BCUT2D eigenvalue weighted by Crippen LogP contribution is 2.31. The highest BCUT2D eigenvalue weighted by atomic mass is 35.5. The van der Waals surface area contributed by atoms with Crippen molar-refractivity contribution in [1.82, 2.24) is 14.5 Å². The summed E-state index contributed by atoms with van der Waals surface area (Å²) in [5.41, 5.74) is 1.60. The maximum absolute atomic E-state index is 15.0. The maximum Gasteiger partial charge on any atom is 0.253 e. The molecule has 2 aliphatic heterocycles. The number of hydrogen-bond acceptors (Lipinski definition) is 4. The number of benzene rings is 3. The third kappa shape index (κ3) is 4.91. The fourth-order valence-corrected chi connectivity index (χ4v) is 6.86. The zero-order valence-corrected chi connectivity index (χ0v) is 21.2. The van der Waals surface area contributed by atoms with Crippen LogP contribution in [0, 0.1) is 5.82 Å². The standard InChI is InChI=1S/C27H27ClFN3O3S/c28-23-17-24(29)25(36(34,35)32-15-14-31-13-7-12-21(31)18-32)16-22(23)27(33)30-26(19-8-3-1-4-9-19)20-10-5-2-6-11-20/h1-6,8-11,16-17,21,26H,7,12-15,18H2,(H,30,33)/t21-/m0/s1. The Kier molecular flexibility index (Phi) is 7.12. The first kappa shape index (κ1) is 24.9. The van der Waals surface area contributed by atoms with Crippen LogP contribution in [0.1, 0.15) is 40.4 Å². The van der Waals surface area contributed by atoms with E-state index in [1.807, 2.05) is 60.7 Å². The molecule has 9 heteroatoms. The molecular formula is C27H27ClFN3O3S. The number of piperazine rings is 1. The highest BCUT2D eigenvalue weighted by molar-refractivity contribution is 7.89. The summed E-state index contributed by atoms with van der Waals surface area (Å²) in [7, 11) is -4.14. The molecule has 0 bridgehead atoms. The second kappa shape index (κ2) is 10.3. The lowest BCUT2D eigenvalue weighted by molar-refractivity contribution is 0.0943. The molecule has 0 aromatic heterocycles. The molecule has 2 fully saturated rings. The molecule has 0 aliphatic carbocycles. The Hall–Kier alpha value is -2.78. The van der Waals surface area contributed by atoms with Gasteiger partial charge in [-0.3, -0.25) is 9.69 Å². The van der Waals surface area contributed by atoms with Crippen LogP contribution in [0.2, 0.25) is 5.02 Å². The average Bonchev–Trinajstić information content (AvgIpc) is 3.36. The number of hydrogen-bond donors (Lipinski definition) is 1. The van der Waals surface area contributed by atoms with Gasteiger partial charge >= 0.3 is 0 Å². The normalized spacial score (nSPS) is 18.8. The third-order valence-corrected chi connectivity index (χ3v) is 9.17. The van der Waals surface area contributed by atoms with E-state index in [0.29, 0.717) is 13.1 Å². The predicted octanol–water partition coefficient (Wildman–Crippen LogP) is 4.47. The molecule has 2 heterocycles. The molecule has 3 aromatic rings. The van der Waals surface area contributed by atoms with Crippen LogP contribution >= 0.6 is 11.6 Å². The third-order valence-electron chi connectivity index (χ3n) is 6.98. The van der Waals surface area contributed by atoms with Crippen molar-refractivity contribution in [3.05, 3.63) is 100 Å². The zero-order valence-electron chi connectivity index (χ0n) is 19.6. The molecule has 0 spiro atoms. The molecule has 3 aromatic carbocycles. The Balaban J connectivity index is 1.46. The summed E-state index contributed by atoms with van der Waals surface area (Å²) in [6.45, 7) is 2.17. The minimum atomic E-state index is -4.14. The van der Waals surface area contributed by atoms with Gasteiger partial charge < -0.3 is 5.32 Å². The first-order valence-electron chi connectivity index (χ1n) is 12.0. The quantitative estimate of drug-likeness (QED) is 0.513. The van der Waals surface area contributed by atoms with Gasteiger partial charge in [-0.05, 0) is 42.6 Å². The summed E-state index contributed by atoms with van der Waals surface area (Å²) in [5.74, 6) is -1.55. The van der Waals surface area contributed by atoms with E-state index in [-0.39, 0.29) is 23.2 Å². The van der Waals surface area contributed by atoms with Crippen LogP contribution in [0.25, 0.3) is 0 Å². The molecule has 188 valence electrons. The van der Waals surface area contributed by atoms with Gasteiger partial charge in [-0.25, -0.2) is 12.8 Å². The van der Waals surface area contributed by atoms with Gasteiger partial charge in [0.25, 0.3) is 5.91 Å². The summed E-state index contributed by atoms with van der Waals surface area (Å²) in [6, 6.07) is 20.4. The lowest BCUT2D eigenvalue weighted by Crippen LogP contribution is -2.52. The van der Waals surface area contributed by atoms with E-state index in [2.05, 4.69) is 10.2 Å². The van der Waals surface area contributed by atoms with Crippen molar-refractivity contribution < 1.29 is 17.6 Å². The molecule has 0 unspecified atom stereocenters. The molecule has 1 atom stereocenters. The molecule has 1 N–H and O–H groups in total. The average molecular weight is 528 g/mol. The van der Waals surface area contributed by atoms with Crippen LogP contribution in [0.3, 0.4) is 0 Å². The molecule has 1 amide bonds. The number of carbonyl (C=O) groups excluding carboxylic acids is 1. The van der Waals surface area contributed by atoms with Gasteiger partial charge in [-0.1, -0.05) is 72.3 Å². The number of nitrogens with zero attached hydrogens (tertiary/aromatic N) is 2. The van der Waals surface area contributed by atoms with Gasteiger partial charge in [-0.15, -0.1) is 0 Å². The lowest BCUT2D eigenvalue weighted by Gasteiger charge is -2.36. The minimum absolute atomic E-state index is 0.0898. The fourth-order valence-electron chi connectivity index (χ4n) is 5.08. The van der Waals surface area contributed by atoms with Crippen LogP contribution in [0.4, 0.5) is 4.39 Å². The molecule has 2 aliphatic rings. The number of fused-ring (bicyclic) bond motifs is 1. The molecule has 0 saturated carbocycles. The van der Waals surface area contributed by atoms with Crippen molar-refractivity contribution in [2.75, 3.05) is 26.2 Å². The maximum atomic E-state index is 15.0. The Morgan fingerprint density at radius 3 is 2.25 bits per heavy atom. The lowest BCUT2D eigenvalue weighted by atomic mass is 9.98. The van der Waals surface area contributed by atoms with Crippen LogP contribution < -0.4 is 5.32 Å². The topological polar surface area (TPSA) is 69.7 Å². The largest absolute Gasteiger partial charge is 0.341 e. The van der Waals surface area contributed by atoms with Crippen molar-refractivity contribution in [2.24, 2.45) is 0 Å². The second-order valence-electron chi connectivity index (χ2n) is 9.19. The Labute approximate surface area is 215 Å². The highest BCUT2D eigenvalue weighted by Gasteiger charge is 2.38. The minimum Gasteiger partial charge on any atom is -0.341 e. The molecule has 36 heavy (non-hydrogen) atoms. The first-order valence-corrected chi connectivity index (χ1v) is 13.8. The number of halogens is 2. The fraction of sp³-hybridized carbons (Fsp3) is 0.296. The molecule has 5 rings (SSSR count). The number of amides is 1. The second-order valence-corrected chi connectivity index (χ2v) is 11.5. The molecule has 0 radical (unpaired) electrons. The van der Waals surface area contributed by atoms with E-state index >= 15 is 0 Å². The molecule has 6 nitrogen and oxygen atoms in total. The SMILES string of the molecule is O=C(NC(c1ccccc1)c1ccccc1)c1cc(S(=O)(=O)N2CCN3CCC[C@H]3C2)c(F)cc1Cl. The van der Waals surface area contributed by atoms with Gasteiger partial charge in [0.1, 0.15) is 10.7 Å². The number of nitrogens with one attached hydrogen (secondary N) is 1. The van der Waals surface area contributed by atoms with Gasteiger partial charge in [0.05, 0.1) is 16.6 Å². The van der Waals surface area contributed by atoms with Gasteiger partial charge in [0.15, 0.2) is 0 Å². The van der Waals surface area contributed by atoms with Gasteiger partial charge in [0.2, 0.25) is 10.0 Å². The molecular weight excluding hydrogens is 501 g/mol. The van der Waals surface area contributed by atoms with Gasteiger partial charge in [-0.2, -0.15) is 4.31 Å². The van der Waals surface area contributed by atoms with E-state index in [9.17, 15) is 17.6 Å². The van der Waals surface area contributed by atoms with Gasteiger partial charge in [0, 0.05) is 25.7 Å². The van der Waals surface area contributed by atoms with Crippen molar-refractivity contribution in [3.8, 4) is 0 Å². The Morgan fingerprint density at radius 2 is 1.61 bits per heavy atom. The summed E-state index contributed by atoms with van der Waals surface area (Å²) in [6.07, 6.45) is 1.95. The van der Waals surface area contributed by atoms with E-state index in [0.717, 1.165) is 42.6 Å². The Bertz CT molecular complexity index is 1320. The summed E-state index contributed by atoms with van der Waals surface area (Å²) >= 11 is 6.26. The Morgan fingerprint density at radius 1 is 0.972 bits per heavy atom. The summed E-state index contributed by atoms with van der Waals surface area (Å²) in [4.78, 5) is 15.2. The van der Waals surface area contributed by atoms with E-state index in [1.54, 1.807) is 0 Å². The summed E-state index contributed by atoms with van der Waals surface area (Å²) in [5, 5.41) is 2.81. The van der Waals surface area contributed by atoms with E-state index in [4.69, 9.17) is 11.6 Å². The first-order chi connectivity index (χ1) is 17.3. The smallest absolute Gasteiger partial charge is 0.253 e. The van der Waals surface area contributed by atoms with Crippen LogP contribution in [-0.2, 0) is 10.0 Å². The van der Waals surface area contributed by atoms with Crippen molar-refractivity contribution in [3.63, 3.8) is 0 Å². The van der Waals surface area contributed by atoms with Crippen LogP contribution in [-0.4, -0.2) is 55.8 Å². The molecule has 2 saturated heterocycles. The zero-order chi connectivity index (χ0) is 25.3. The van der Waals surface area contributed by atoms with Crippen LogP contribution in [0.5, 0.6) is 0 Å². The van der Waals surface area contributed by atoms with Crippen LogP contribution in [0.15, 0.2) is 77.7 Å². The number of sulfonamides is 1. The van der Waals surface area contributed by atoms with Crippen molar-refractivity contribution in [2.45, 2.75) is 29.8 Å². The van der Waals surface area contributed by atoms with Crippen molar-refractivity contribution in [1.29, 1.82) is 0 Å². The van der Waals surface area contributed by atoms with E-state index in [1.165, 1.54) is 4.31 Å². The predicted molar refractivity (Wildman–Crippen MR) is 137 cm³/mol. The van der Waals surface area contributed by atoms with Crippen molar-refractivity contribution >= 4 is 27.5 Å². The summed E-state index contributed by atoms with van der Waals surface area (Å²) < 4.78 is 43.2. The number of carbonyl (C=O) groups is 1. The van der Waals surface area contributed by atoms with E-state index < -0.39 is 32.7 Å². The number of rotatable bonds is 6.